The van der Waals surface area contributed by atoms with Gasteiger partial charge in [-0.05, 0) is 37.7 Å². The predicted octanol–water partition coefficient (Wildman–Crippen LogP) is 2.76. The minimum Gasteiger partial charge on any atom is -0.396 e. The fourth-order valence-electron chi connectivity index (χ4n) is 2.29. The predicted molar refractivity (Wildman–Crippen MR) is 82.7 cm³/mol. The van der Waals surface area contributed by atoms with Crippen molar-refractivity contribution in [3.05, 3.63) is 34.9 Å². The topological polar surface area (TPSA) is 49.3 Å². The highest BCUT2D eigenvalue weighted by molar-refractivity contribution is 5.76. The Balaban J connectivity index is 2.40. The second kappa shape index (κ2) is 7.44. The normalized spacial score (nSPS) is 11.4. The summed E-state index contributed by atoms with van der Waals surface area (Å²) in [4.78, 5) is 11.9. The van der Waals surface area contributed by atoms with E-state index in [0.29, 0.717) is 19.4 Å². The number of aliphatic hydroxyl groups is 1. The Hall–Kier alpha value is -1.35. The van der Waals surface area contributed by atoms with Crippen molar-refractivity contribution in [3.8, 4) is 0 Å². The molecule has 0 aliphatic rings. The average molecular weight is 277 g/mol. The van der Waals surface area contributed by atoms with E-state index in [1.54, 1.807) is 0 Å². The molecular formula is C17H27NO2. The van der Waals surface area contributed by atoms with E-state index in [9.17, 15) is 4.79 Å². The van der Waals surface area contributed by atoms with Crippen LogP contribution in [-0.4, -0.2) is 24.2 Å². The van der Waals surface area contributed by atoms with Crippen LogP contribution in [0.1, 0.15) is 43.4 Å². The molecule has 0 aliphatic heterocycles. The van der Waals surface area contributed by atoms with Crippen molar-refractivity contribution in [2.75, 3.05) is 13.2 Å². The van der Waals surface area contributed by atoms with Crippen LogP contribution in [0.5, 0.6) is 0 Å². The third kappa shape index (κ3) is 6.20. The summed E-state index contributed by atoms with van der Waals surface area (Å²) < 4.78 is 0. The Kier molecular flexibility index (Phi) is 6.21. The largest absolute Gasteiger partial charge is 0.396 e. The van der Waals surface area contributed by atoms with E-state index in [4.69, 9.17) is 5.11 Å². The lowest BCUT2D eigenvalue weighted by atomic mass is 9.89. The average Bonchev–Trinajstić information content (AvgIpc) is 2.33. The van der Waals surface area contributed by atoms with Gasteiger partial charge >= 0.3 is 0 Å². The molecule has 0 bridgehead atoms. The first-order valence-corrected chi connectivity index (χ1v) is 7.27. The molecule has 0 fully saturated rings. The van der Waals surface area contributed by atoms with E-state index < -0.39 is 0 Å². The highest BCUT2D eigenvalue weighted by Gasteiger charge is 2.17. The van der Waals surface area contributed by atoms with Gasteiger partial charge in [0.25, 0.3) is 0 Å². The molecule has 3 nitrogen and oxygen atoms in total. The molecule has 0 heterocycles. The summed E-state index contributed by atoms with van der Waals surface area (Å²) in [6.07, 6.45) is 1.98. The molecule has 2 N–H and O–H groups in total. The van der Waals surface area contributed by atoms with Crippen LogP contribution in [0.4, 0.5) is 0 Å². The van der Waals surface area contributed by atoms with Crippen molar-refractivity contribution in [3.63, 3.8) is 0 Å². The second-order valence-corrected chi connectivity index (χ2v) is 6.41. The molecule has 0 atom stereocenters. The number of amides is 1. The monoisotopic (exact) mass is 277 g/mol. The highest BCUT2D eigenvalue weighted by Crippen LogP contribution is 2.18. The highest BCUT2D eigenvalue weighted by atomic mass is 16.3. The Labute approximate surface area is 122 Å². The van der Waals surface area contributed by atoms with Gasteiger partial charge in [0.05, 0.1) is 0 Å². The number of aliphatic hydroxyl groups excluding tert-OH is 1. The quantitative estimate of drug-likeness (QED) is 0.805. The van der Waals surface area contributed by atoms with Crippen LogP contribution in [0, 0.1) is 19.3 Å². The summed E-state index contributed by atoms with van der Waals surface area (Å²) in [6, 6.07) is 6.41. The van der Waals surface area contributed by atoms with Crippen LogP contribution in [0.25, 0.3) is 0 Å². The van der Waals surface area contributed by atoms with Gasteiger partial charge in [-0.1, -0.05) is 43.2 Å². The number of carbonyl (C=O) groups excluding carboxylic acids is 1. The van der Waals surface area contributed by atoms with Crippen LogP contribution < -0.4 is 5.32 Å². The molecule has 0 aromatic heterocycles. The minimum atomic E-state index is -0.0513. The Morgan fingerprint density at radius 3 is 2.35 bits per heavy atom. The fraction of sp³-hybridized carbons (Fsp3) is 0.588. The zero-order valence-electron chi connectivity index (χ0n) is 13.1. The summed E-state index contributed by atoms with van der Waals surface area (Å²) in [5.74, 6) is 0.0789. The Morgan fingerprint density at radius 1 is 1.20 bits per heavy atom. The molecule has 0 radical (unpaired) electrons. The lowest BCUT2D eigenvalue weighted by Crippen LogP contribution is -2.34. The molecule has 0 saturated carbocycles. The summed E-state index contributed by atoms with van der Waals surface area (Å²) in [6.45, 7) is 9.02. The summed E-state index contributed by atoms with van der Waals surface area (Å²) in [5, 5.41) is 11.9. The number of carbonyl (C=O) groups is 1. The number of hydrogen-bond acceptors (Lipinski definition) is 2. The molecular weight excluding hydrogens is 250 g/mol. The van der Waals surface area contributed by atoms with Gasteiger partial charge in [0.1, 0.15) is 0 Å². The number of rotatable bonds is 7. The zero-order chi connectivity index (χ0) is 15.2. The third-order valence-corrected chi connectivity index (χ3v) is 3.47. The van der Waals surface area contributed by atoms with E-state index in [1.807, 2.05) is 13.8 Å². The fourth-order valence-corrected chi connectivity index (χ4v) is 2.29. The molecule has 1 rings (SSSR count). The molecule has 112 valence electrons. The second-order valence-electron chi connectivity index (χ2n) is 6.41. The molecule has 3 heteroatoms. The van der Waals surface area contributed by atoms with Gasteiger partial charge in [-0.2, -0.15) is 0 Å². The van der Waals surface area contributed by atoms with Gasteiger partial charge < -0.3 is 10.4 Å². The number of aryl methyl sites for hydroxylation is 3. The lowest BCUT2D eigenvalue weighted by Gasteiger charge is -2.23. The molecule has 20 heavy (non-hydrogen) atoms. The Morgan fingerprint density at radius 2 is 1.80 bits per heavy atom. The molecule has 0 unspecified atom stereocenters. The molecule has 0 aliphatic carbocycles. The summed E-state index contributed by atoms with van der Waals surface area (Å²) >= 11 is 0. The minimum absolute atomic E-state index is 0.0513. The molecule has 1 aromatic rings. The van der Waals surface area contributed by atoms with Crippen LogP contribution >= 0.6 is 0 Å². The van der Waals surface area contributed by atoms with Crippen LogP contribution in [0.15, 0.2) is 18.2 Å². The third-order valence-electron chi connectivity index (χ3n) is 3.47. The van der Waals surface area contributed by atoms with Gasteiger partial charge in [0, 0.05) is 19.6 Å². The van der Waals surface area contributed by atoms with E-state index in [2.05, 4.69) is 37.4 Å². The Bertz CT molecular complexity index is 432. The van der Waals surface area contributed by atoms with Crippen molar-refractivity contribution in [1.29, 1.82) is 0 Å². The van der Waals surface area contributed by atoms with Gasteiger partial charge in [0.2, 0.25) is 5.91 Å². The van der Waals surface area contributed by atoms with Gasteiger partial charge in [-0.3, -0.25) is 4.79 Å². The first-order chi connectivity index (χ1) is 9.32. The van der Waals surface area contributed by atoms with E-state index in [-0.39, 0.29) is 17.9 Å². The number of benzene rings is 1. The number of hydrogen-bond donors (Lipinski definition) is 2. The van der Waals surface area contributed by atoms with Crippen LogP contribution in [0.3, 0.4) is 0 Å². The van der Waals surface area contributed by atoms with Crippen molar-refractivity contribution >= 4 is 5.91 Å². The van der Waals surface area contributed by atoms with Gasteiger partial charge in [-0.15, -0.1) is 0 Å². The standard InChI is InChI=1S/C17H27NO2/c1-13-9-14(2)11-15(10-13)5-6-16(20)18-12-17(3,4)7-8-19/h9-11,19H,5-8,12H2,1-4H3,(H,18,20). The molecule has 0 saturated heterocycles. The zero-order valence-corrected chi connectivity index (χ0v) is 13.1. The maximum Gasteiger partial charge on any atom is 0.220 e. The lowest BCUT2D eigenvalue weighted by molar-refractivity contribution is -0.121. The van der Waals surface area contributed by atoms with Crippen molar-refractivity contribution < 1.29 is 9.90 Å². The molecule has 1 aromatic carbocycles. The smallest absolute Gasteiger partial charge is 0.220 e. The van der Waals surface area contributed by atoms with E-state index in [0.717, 1.165) is 6.42 Å². The number of nitrogens with one attached hydrogen (secondary N) is 1. The first kappa shape index (κ1) is 16.7. The maximum absolute atomic E-state index is 11.9. The van der Waals surface area contributed by atoms with Crippen molar-refractivity contribution in [1.82, 2.24) is 5.32 Å². The van der Waals surface area contributed by atoms with Crippen LogP contribution in [0.2, 0.25) is 0 Å². The van der Waals surface area contributed by atoms with Crippen molar-refractivity contribution in [2.45, 2.75) is 47.0 Å². The molecule has 1 amide bonds. The summed E-state index contributed by atoms with van der Waals surface area (Å²) in [7, 11) is 0. The van der Waals surface area contributed by atoms with Gasteiger partial charge in [-0.25, -0.2) is 0 Å². The van der Waals surface area contributed by atoms with E-state index >= 15 is 0 Å². The first-order valence-electron chi connectivity index (χ1n) is 7.27. The SMILES string of the molecule is Cc1cc(C)cc(CCC(=O)NCC(C)(C)CCO)c1. The molecule has 0 spiro atoms. The summed E-state index contributed by atoms with van der Waals surface area (Å²) in [5.41, 5.74) is 3.64. The maximum atomic E-state index is 11.9. The van der Waals surface area contributed by atoms with Gasteiger partial charge in [0.15, 0.2) is 0 Å². The van der Waals surface area contributed by atoms with Crippen LogP contribution in [-0.2, 0) is 11.2 Å². The van der Waals surface area contributed by atoms with Crippen molar-refractivity contribution in [2.24, 2.45) is 5.41 Å². The van der Waals surface area contributed by atoms with E-state index in [1.165, 1.54) is 16.7 Å².